The van der Waals surface area contributed by atoms with Gasteiger partial charge in [0.25, 0.3) is 0 Å². The largest absolute Gasteiger partial charge is 0.497 e. The van der Waals surface area contributed by atoms with Gasteiger partial charge in [-0.2, -0.15) is 0 Å². The molecule has 0 bridgehead atoms. The summed E-state index contributed by atoms with van der Waals surface area (Å²) in [5.74, 6) is 0.601. The molecule has 2 heterocycles. The Morgan fingerprint density at radius 2 is 1.87 bits per heavy atom. The Kier molecular flexibility index (Phi) is 5.27. The Hall–Kier alpha value is -3.60. The lowest BCUT2D eigenvalue weighted by molar-refractivity contribution is -0.115. The maximum atomic E-state index is 12.9. The van der Waals surface area contributed by atoms with Gasteiger partial charge in [-0.3, -0.25) is 4.79 Å². The number of anilines is 1. The monoisotopic (exact) mass is 399 g/mol. The molecule has 30 heavy (non-hydrogen) atoms. The van der Waals surface area contributed by atoms with E-state index in [0.717, 1.165) is 28.2 Å². The van der Waals surface area contributed by atoms with Crippen LogP contribution in [0.25, 0.3) is 16.9 Å². The molecule has 0 atom stereocenters. The van der Waals surface area contributed by atoms with Crippen molar-refractivity contribution < 1.29 is 9.53 Å². The van der Waals surface area contributed by atoms with Crippen molar-refractivity contribution in [3.8, 4) is 17.0 Å². The van der Waals surface area contributed by atoms with E-state index in [1.807, 2.05) is 47.9 Å². The summed E-state index contributed by atoms with van der Waals surface area (Å²) in [5, 5.41) is 2.97. The van der Waals surface area contributed by atoms with E-state index in [1.54, 1.807) is 13.2 Å². The predicted molar refractivity (Wildman–Crippen MR) is 120 cm³/mol. The van der Waals surface area contributed by atoms with Gasteiger partial charge in [0.15, 0.2) is 0 Å². The van der Waals surface area contributed by atoms with E-state index in [1.165, 1.54) is 11.1 Å². The van der Waals surface area contributed by atoms with Crippen molar-refractivity contribution in [2.75, 3.05) is 12.4 Å². The SMILES string of the molecule is COc1cccc(NC(=O)Cc2c(-c3ccc(C)c(C)c3)nc3cc(C)ccn23)c1. The lowest BCUT2D eigenvalue weighted by Crippen LogP contribution is -2.16. The first-order valence-electron chi connectivity index (χ1n) is 9.93. The zero-order valence-electron chi connectivity index (χ0n) is 17.7. The highest BCUT2D eigenvalue weighted by Gasteiger charge is 2.18. The van der Waals surface area contributed by atoms with Crippen molar-refractivity contribution in [2.45, 2.75) is 27.2 Å². The molecule has 4 rings (SSSR count). The Balaban J connectivity index is 1.72. The van der Waals surface area contributed by atoms with Crippen LogP contribution in [0.2, 0.25) is 0 Å². The molecular formula is C25H25N3O2. The number of hydrogen-bond donors (Lipinski definition) is 1. The molecular weight excluding hydrogens is 374 g/mol. The molecule has 2 aromatic carbocycles. The Bertz CT molecular complexity index is 1240. The number of aryl methyl sites for hydroxylation is 3. The summed E-state index contributed by atoms with van der Waals surface area (Å²) in [7, 11) is 1.61. The van der Waals surface area contributed by atoms with E-state index in [9.17, 15) is 4.79 Å². The molecule has 0 radical (unpaired) electrons. The summed E-state index contributed by atoms with van der Waals surface area (Å²) in [4.78, 5) is 17.8. The molecule has 0 unspecified atom stereocenters. The zero-order chi connectivity index (χ0) is 21.3. The van der Waals surface area contributed by atoms with Crippen molar-refractivity contribution in [2.24, 2.45) is 0 Å². The number of imidazole rings is 1. The highest BCUT2D eigenvalue weighted by molar-refractivity contribution is 5.93. The zero-order valence-corrected chi connectivity index (χ0v) is 17.7. The molecule has 0 fully saturated rings. The van der Waals surface area contributed by atoms with Gasteiger partial charge in [0.05, 0.1) is 24.9 Å². The Labute approximate surface area is 176 Å². The molecule has 0 aliphatic rings. The first-order valence-corrected chi connectivity index (χ1v) is 9.93. The van der Waals surface area contributed by atoms with Gasteiger partial charge in [-0.15, -0.1) is 0 Å². The molecule has 0 saturated carbocycles. The maximum Gasteiger partial charge on any atom is 0.230 e. The minimum Gasteiger partial charge on any atom is -0.497 e. The normalized spacial score (nSPS) is 10.9. The van der Waals surface area contributed by atoms with E-state index in [0.29, 0.717) is 11.4 Å². The molecule has 0 spiro atoms. The van der Waals surface area contributed by atoms with Crippen molar-refractivity contribution in [3.63, 3.8) is 0 Å². The topological polar surface area (TPSA) is 55.6 Å². The van der Waals surface area contributed by atoms with Gasteiger partial charge >= 0.3 is 0 Å². The first kappa shape index (κ1) is 19.7. The summed E-state index contributed by atoms with van der Waals surface area (Å²) in [6, 6.07) is 17.7. The minimum atomic E-state index is -0.101. The van der Waals surface area contributed by atoms with Crippen LogP contribution in [0, 0.1) is 20.8 Å². The number of nitrogens with one attached hydrogen (secondary N) is 1. The van der Waals surface area contributed by atoms with E-state index < -0.39 is 0 Å². The van der Waals surface area contributed by atoms with Gasteiger partial charge in [-0.25, -0.2) is 4.98 Å². The van der Waals surface area contributed by atoms with Crippen LogP contribution in [0.1, 0.15) is 22.4 Å². The number of nitrogens with zero attached hydrogens (tertiary/aromatic N) is 2. The number of carbonyl (C=O) groups excluding carboxylic acids is 1. The fraction of sp³-hybridized carbons (Fsp3) is 0.200. The second-order valence-electron chi connectivity index (χ2n) is 7.60. The van der Waals surface area contributed by atoms with Crippen LogP contribution in [0.15, 0.2) is 60.8 Å². The summed E-state index contributed by atoms with van der Waals surface area (Å²) in [6.07, 6.45) is 2.19. The number of rotatable bonds is 5. The van der Waals surface area contributed by atoms with Crippen molar-refractivity contribution in [1.29, 1.82) is 0 Å². The third kappa shape index (κ3) is 3.92. The molecule has 5 heteroatoms. The average Bonchev–Trinajstić information content (AvgIpc) is 3.07. The van der Waals surface area contributed by atoms with Gasteiger partial charge < -0.3 is 14.5 Å². The standard InChI is InChI=1S/C25H25N3O2/c1-16-10-11-28-22(15-24(29)26-20-6-5-7-21(14-20)30-4)25(27-23(28)12-16)19-9-8-17(2)18(3)13-19/h5-14H,15H2,1-4H3,(H,26,29). The number of amides is 1. The van der Waals surface area contributed by atoms with E-state index in [-0.39, 0.29) is 12.3 Å². The fourth-order valence-corrected chi connectivity index (χ4v) is 3.54. The van der Waals surface area contributed by atoms with Crippen LogP contribution >= 0.6 is 0 Å². The highest BCUT2D eigenvalue weighted by Crippen LogP contribution is 2.27. The number of benzene rings is 2. The van der Waals surface area contributed by atoms with Crippen molar-refractivity contribution >= 4 is 17.2 Å². The summed E-state index contributed by atoms with van der Waals surface area (Å²) in [5.41, 5.74) is 7.83. The number of pyridine rings is 1. The fourth-order valence-electron chi connectivity index (χ4n) is 3.54. The number of methoxy groups -OCH3 is 1. The molecule has 1 N–H and O–H groups in total. The molecule has 0 aliphatic carbocycles. The smallest absolute Gasteiger partial charge is 0.230 e. The van der Waals surface area contributed by atoms with Crippen LogP contribution in [-0.4, -0.2) is 22.4 Å². The van der Waals surface area contributed by atoms with Crippen LogP contribution in [0.3, 0.4) is 0 Å². The summed E-state index contributed by atoms with van der Waals surface area (Å²) < 4.78 is 7.25. The maximum absolute atomic E-state index is 12.9. The average molecular weight is 399 g/mol. The Morgan fingerprint density at radius 1 is 1.03 bits per heavy atom. The van der Waals surface area contributed by atoms with Crippen LogP contribution in [0.5, 0.6) is 5.75 Å². The van der Waals surface area contributed by atoms with Gasteiger partial charge in [0.1, 0.15) is 11.4 Å². The minimum absolute atomic E-state index is 0.101. The van der Waals surface area contributed by atoms with Gasteiger partial charge in [-0.05, 0) is 67.8 Å². The molecule has 0 saturated heterocycles. The third-order valence-electron chi connectivity index (χ3n) is 5.34. The highest BCUT2D eigenvalue weighted by atomic mass is 16.5. The molecule has 152 valence electrons. The quantitative estimate of drug-likeness (QED) is 0.507. The van der Waals surface area contributed by atoms with Crippen LogP contribution in [-0.2, 0) is 11.2 Å². The number of aromatic nitrogens is 2. The van der Waals surface area contributed by atoms with Crippen molar-refractivity contribution in [1.82, 2.24) is 9.38 Å². The van der Waals surface area contributed by atoms with Gasteiger partial charge in [-0.1, -0.05) is 18.2 Å². The third-order valence-corrected chi connectivity index (χ3v) is 5.34. The number of ether oxygens (including phenoxy) is 1. The molecule has 0 aliphatic heterocycles. The molecule has 4 aromatic rings. The van der Waals surface area contributed by atoms with E-state index in [4.69, 9.17) is 9.72 Å². The second kappa shape index (κ2) is 8.03. The van der Waals surface area contributed by atoms with Crippen LogP contribution in [0.4, 0.5) is 5.69 Å². The van der Waals surface area contributed by atoms with E-state index in [2.05, 4.69) is 37.4 Å². The number of fused-ring (bicyclic) bond motifs is 1. The van der Waals surface area contributed by atoms with Gasteiger partial charge in [0, 0.05) is 23.5 Å². The van der Waals surface area contributed by atoms with E-state index >= 15 is 0 Å². The second-order valence-corrected chi connectivity index (χ2v) is 7.60. The molecule has 2 aromatic heterocycles. The number of carbonyl (C=O) groups is 1. The van der Waals surface area contributed by atoms with Crippen LogP contribution < -0.4 is 10.1 Å². The lowest BCUT2D eigenvalue weighted by atomic mass is 10.0. The number of hydrogen-bond acceptors (Lipinski definition) is 3. The predicted octanol–water partition coefficient (Wildman–Crippen LogP) is 5.12. The summed E-state index contributed by atoms with van der Waals surface area (Å²) >= 11 is 0. The lowest BCUT2D eigenvalue weighted by Gasteiger charge is -2.09. The first-order chi connectivity index (χ1) is 14.4. The molecule has 5 nitrogen and oxygen atoms in total. The van der Waals surface area contributed by atoms with Crippen molar-refractivity contribution in [3.05, 3.63) is 83.2 Å². The Morgan fingerprint density at radius 3 is 2.63 bits per heavy atom. The van der Waals surface area contributed by atoms with Gasteiger partial charge in [0.2, 0.25) is 5.91 Å². The molecule has 1 amide bonds. The summed E-state index contributed by atoms with van der Waals surface area (Å²) in [6.45, 7) is 6.22.